The highest BCUT2D eigenvalue weighted by molar-refractivity contribution is 5.28. The molecule has 4 nitrogen and oxygen atoms in total. The Kier molecular flexibility index (Phi) is 5.27. The summed E-state index contributed by atoms with van der Waals surface area (Å²) in [6, 6.07) is 8.88. The maximum absolute atomic E-state index is 6.32. The van der Waals surface area contributed by atoms with Crippen LogP contribution in [0.5, 0.6) is 0 Å². The van der Waals surface area contributed by atoms with Gasteiger partial charge in [0.25, 0.3) is 0 Å². The summed E-state index contributed by atoms with van der Waals surface area (Å²) >= 11 is 0. The average Bonchev–Trinajstić information content (AvgIpc) is 3.09. The van der Waals surface area contributed by atoms with E-state index in [9.17, 15) is 0 Å². The Morgan fingerprint density at radius 1 is 1.08 bits per heavy atom. The number of imidazole rings is 1. The van der Waals surface area contributed by atoms with Crippen molar-refractivity contribution in [1.82, 2.24) is 9.55 Å². The first kappa shape index (κ1) is 19.1. The Balaban J connectivity index is 1.75. The zero-order valence-corrected chi connectivity index (χ0v) is 16.8. The van der Waals surface area contributed by atoms with E-state index in [1.165, 1.54) is 11.1 Å². The van der Waals surface area contributed by atoms with Crippen molar-refractivity contribution in [2.45, 2.75) is 65.2 Å². The normalized spacial score (nSPS) is 19.4. The molecule has 0 atom stereocenters. The topological polar surface area (TPSA) is 36.3 Å². The van der Waals surface area contributed by atoms with Crippen LogP contribution in [-0.4, -0.2) is 28.6 Å². The van der Waals surface area contributed by atoms with Crippen molar-refractivity contribution in [2.24, 2.45) is 5.41 Å². The van der Waals surface area contributed by atoms with Crippen LogP contribution in [0.25, 0.3) is 0 Å². The van der Waals surface area contributed by atoms with Crippen LogP contribution in [0.15, 0.2) is 43.0 Å². The number of hydrogen-bond acceptors (Lipinski definition) is 3. The number of benzene rings is 1. The van der Waals surface area contributed by atoms with E-state index in [4.69, 9.17) is 9.47 Å². The summed E-state index contributed by atoms with van der Waals surface area (Å²) in [4.78, 5) is 4.13. The van der Waals surface area contributed by atoms with Gasteiger partial charge in [-0.05, 0) is 16.5 Å². The van der Waals surface area contributed by atoms with E-state index in [0.717, 1.165) is 32.6 Å². The van der Waals surface area contributed by atoms with Gasteiger partial charge in [0.15, 0.2) is 5.79 Å². The first-order valence-electron chi connectivity index (χ1n) is 9.51. The first-order valence-corrected chi connectivity index (χ1v) is 9.51. The van der Waals surface area contributed by atoms with Gasteiger partial charge < -0.3 is 14.0 Å². The molecule has 1 aliphatic heterocycles. The minimum atomic E-state index is -0.566. The molecule has 0 N–H and O–H groups in total. The fraction of sp³-hybridized carbons (Fsp3) is 0.591. The Morgan fingerprint density at radius 2 is 1.73 bits per heavy atom. The van der Waals surface area contributed by atoms with Crippen LogP contribution in [-0.2, 0) is 27.9 Å². The fourth-order valence-electron chi connectivity index (χ4n) is 3.22. The van der Waals surface area contributed by atoms with Crippen molar-refractivity contribution in [1.29, 1.82) is 0 Å². The SMILES string of the molecule is CC1(C)COC(CCn2ccnc2)(Cc2ccc(C(C)(C)C)cc2)OC1. The van der Waals surface area contributed by atoms with Crippen molar-refractivity contribution in [3.8, 4) is 0 Å². The zero-order valence-electron chi connectivity index (χ0n) is 16.8. The van der Waals surface area contributed by atoms with E-state index in [1.807, 2.05) is 18.7 Å². The fourth-order valence-corrected chi connectivity index (χ4v) is 3.22. The van der Waals surface area contributed by atoms with Gasteiger partial charge in [0.05, 0.1) is 19.5 Å². The zero-order chi connectivity index (χ0) is 18.8. The predicted octanol–water partition coefficient (Wildman–Crippen LogP) is 4.58. The standard InChI is InChI=1S/C22H32N2O2/c1-20(2,3)19-8-6-18(7-9-19)14-22(10-12-24-13-11-23-17-24)25-15-21(4,5)16-26-22/h6-9,11,13,17H,10,12,14-16H2,1-5H3. The summed E-state index contributed by atoms with van der Waals surface area (Å²) in [5.41, 5.74) is 2.83. The van der Waals surface area contributed by atoms with E-state index < -0.39 is 5.79 Å². The van der Waals surface area contributed by atoms with Crippen molar-refractivity contribution in [3.05, 3.63) is 54.1 Å². The van der Waals surface area contributed by atoms with Crippen LogP contribution < -0.4 is 0 Å². The molecule has 0 radical (unpaired) electrons. The van der Waals surface area contributed by atoms with Crippen molar-refractivity contribution in [3.63, 3.8) is 0 Å². The van der Waals surface area contributed by atoms with Gasteiger partial charge in [-0.25, -0.2) is 4.98 Å². The highest BCUT2D eigenvalue weighted by Crippen LogP contribution is 2.35. The van der Waals surface area contributed by atoms with Gasteiger partial charge in [-0.3, -0.25) is 0 Å². The molecule has 1 fully saturated rings. The molecule has 26 heavy (non-hydrogen) atoms. The Morgan fingerprint density at radius 3 is 2.27 bits per heavy atom. The van der Waals surface area contributed by atoms with Gasteiger partial charge in [0.2, 0.25) is 0 Å². The second-order valence-corrected chi connectivity index (χ2v) is 9.33. The maximum atomic E-state index is 6.32. The van der Waals surface area contributed by atoms with Gasteiger partial charge in [0.1, 0.15) is 0 Å². The van der Waals surface area contributed by atoms with Gasteiger partial charge >= 0.3 is 0 Å². The van der Waals surface area contributed by atoms with E-state index in [2.05, 4.69) is 68.4 Å². The molecule has 0 bridgehead atoms. The molecule has 142 valence electrons. The summed E-state index contributed by atoms with van der Waals surface area (Å²) in [5, 5.41) is 0. The summed E-state index contributed by atoms with van der Waals surface area (Å²) in [6.07, 6.45) is 7.21. The molecule has 0 spiro atoms. The summed E-state index contributed by atoms with van der Waals surface area (Å²) in [5.74, 6) is -0.566. The predicted molar refractivity (Wildman–Crippen MR) is 104 cm³/mol. The highest BCUT2D eigenvalue weighted by Gasteiger charge is 2.40. The van der Waals surface area contributed by atoms with E-state index in [-0.39, 0.29) is 10.8 Å². The molecule has 0 unspecified atom stereocenters. The lowest BCUT2D eigenvalue weighted by Gasteiger charge is -2.44. The lowest BCUT2D eigenvalue weighted by atomic mass is 9.86. The van der Waals surface area contributed by atoms with E-state index in [1.54, 1.807) is 0 Å². The van der Waals surface area contributed by atoms with Crippen molar-refractivity contribution >= 4 is 0 Å². The quantitative estimate of drug-likeness (QED) is 0.786. The molecule has 1 aliphatic rings. The van der Waals surface area contributed by atoms with Gasteiger partial charge in [-0.2, -0.15) is 0 Å². The molecule has 0 amide bonds. The van der Waals surface area contributed by atoms with Crippen molar-refractivity contribution < 1.29 is 9.47 Å². The molecule has 3 rings (SSSR count). The van der Waals surface area contributed by atoms with Gasteiger partial charge in [-0.1, -0.05) is 58.9 Å². The van der Waals surface area contributed by atoms with Crippen molar-refractivity contribution in [2.75, 3.05) is 13.2 Å². The molecular weight excluding hydrogens is 324 g/mol. The monoisotopic (exact) mass is 356 g/mol. The Hall–Kier alpha value is -1.65. The summed E-state index contributed by atoms with van der Waals surface area (Å²) < 4.78 is 14.7. The molecule has 0 saturated carbocycles. The second kappa shape index (κ2) is 7.16. The van der Waals surface area contributed by atoms with E-state index in [0.29, 0.717) is 0 Å². The molecular formula is C22H32N2O2. The summed E-state index contributed by atoms with van der Waals surface area (Å²) in [6.45, 7) is 13.4. The summed E-state index contributed by atoms with van der Waals surface area (Å²) in [7, 11) is 0. The molecule has 2 heterocycles. The number of aryl methyl sites for hydroxylation is 1. The molecule has 4 heteroatoms. The maximum Gasteiger partial charge on any atom is 0.174 e. The number of aromatic nitrogens is 2. The lowest BCUT2D eigenvalue weighted by Crippen LogP contribution is -2.49. The van der Waals surface area contributed by atoms with E-state index >= 15 is 0 Å². The highest BCUT2D eigenvalue weighted by atomic mass is 16.7. The minimum Gasteiger partial charge on any atom is -0.349 e. The number of nitrogens with zero attached hydrogens (tertiary/aromatic N) is 2. The number of rotatable bonds is 5. The van der Waals surface area contributed by atoms with Crippen LogP contribution >= 0.6 is 0 Å². The number of ether oxygens (including phenoxy) is 2. The largest absolute Gasteiger partial charge is 0.349 e. The van der Waals surface area contributed by atoms with Gasteiger partial charge in [-0.15, -0.1) is 0 Å². The molecule has 1 aromatic heterocycles. The minimum absolute atomic E-state index is 0.0641. The molecule has 1 aromatic carbocycles. The van der Waals surface area contributed by atoms with Crippen LogP contribution in [0.1, 0.15) is 52.2 Å². The average molecular weight is 357 g/mol. The van der Waals surface area contributed by atoms with Crippen LogP contribution in [0.3, 0.4) is 0 Å². The smallest absolute Gasteiger partial charge is 0.174 e. The van der Waals surface area contributed by atoms with Crippen LogP contribution in [0, 0.1) is 5.41 Å². The third-order valence-corrected chi connectivity index (χ3v) is 5.06. The van der Waals surface area contributed by atoms with Crippen LogP contribution in [0.4, 0.5) is 0 Å². The number of hydrogen-bond donors (Lipinski definition) is 0. The molecule has 1 saturated heterocycles. The second-order valence-electron chi connectivity index (χ2n) is 9.33. The Labute approximate surface area is 157 Å². The Bertz CT molecular complexity index is 687. The molecule has 0 aliphatic carbocycles. The lowest BCUT2D eigenvalue weighted by molar-refractivity contribution is -0.301. The van der Waals surface area contributed by atoms with Gasteiger partial charge in [0, 0.05) is 37.2 Å². The molecule has 2 aromatic rings. The van der Waals surface area contributed by atoms with Crippen LogP contribution in [0.2, 0.25) is 0 Å². The first-order chi connectivity index (χ1) is 12.2. The third-order valence-electron chi connectivity index (χ3n) is 5.06. The third kappa shape index (κ3) is 4.74.